The smallest absolute Gasteiger partial charge is 0.271 e. The summed E-state index contributed by atoms with van der Waals surface area (Å²) in [6, 6.07) is 21.7. The molecule has 0 aliphatic heterocycles. The van der Waals surface area contributed by atoms with Crippen molar-refractivity contribution in [3.63, 3.8) is 0 Å². The van der Waals surface area contributed by atoms with Crippen LogP contribution in [-0.4, -0.2) is 21.8 Å². The third-order valence-electron chi connectivity index (χ3n) is 4.86. The van der Waals surface area contributed by atoms with Crippen LogP contribution in [0.1, 0.15) is 40.9 Å². The van der Waals surface area contributed by atoms with Crippen LogP contribution >= 0.6 is 11.6 Å². The van der Waals surface area contributed by atoms with Gasteiger partial charge in [-0.1, -0.05) is 49.7 Å². The minimum Gasteiger partial charge on any atom is -0.506 e. The maximum Gasteiger partial charge on any atom is 0.271 e. The van der Waals surface area contributed by atoms with Gasteiger partial charge >= 0.3 is 0 Å². The number of amides is 1. The van der Waals surface area contributed by atoms with Gasteiger partial charge in [0.15, 0.2) is 0 Å². The summed E-state index contributed by atoms with van der Waals surface area (Å²) in [5.41, 5.74) is 6.39. The van der Waals surface area contributed by atoms with Gasteiger partial charge in [0.1, 0.15) is 5.75 Å². The molecule has 1 heterocycles. The van der Waals surface area contributed by atoms with Crippen LogP contribution in [0.15, 0.2) is 78.0 Å². The number of halogens is 1. The molecular weight excluding hydrogens is 436 g/mol. The normalized spacial score (nSPS) is 10.5. The summed E-state index contributed by atoms with van der Waals surface area (Å²) < 4.78 is 2.12. The fraction of sp³-hybridized carbons (Fsp3) is 0.115. The molecule has 0 aliphatic carbocycles. The molecule has 0 fully saturated rings. The Morgan fingerprint density at radius 1 is 1.15 bits per heavy atom. The van der Waals surface area contributed by atoms with Gasteiger partial charge in [0.05, 0.1) is 22.9 Å². The van der Waals surface area contributed by atoms with Crippen LogP contribution < -0.4 is 5.43 Å². The number of aromatic nitrogens is 1. The summed E-state index contributed by atoms with van der Waals surface area (Å²) in [6.07, 6.45) is 3.59. The Labute approximate surface area is 197 Å². The number of aromatic hydroxyl groups is 1. The first-order chi connectivity index (χ1) is 16.0. The van der Waals surface area contributed by atoms with Crippen molar-refractivity contribution in [1.29, 1.82) is 5.26 Å². The molecule has 33 heavy (non-hydrogen) atoms. The average Bonchev–Trinajstić information content (AvgIpc) is 3.26. The van der Waals surface area contributed by atoms with Gasteiger partial charge in [0.2, 0.25) is 0 Å². The molecule has 1 amide bonds. The first kappa shape index (κ1) is 23.6. The number of phenolic OH excluding ortho intramolecular Hbond substituents is 1. The molecule has 1 aromatic heterocycles. The van der Waals surface area contributed by atoms with E-state index in [-0.39, 0.29) is 10.8 Å². The van der Waals surface area contributed by atoms with Crippen LogP contribution in [0.25, 0.3) is 10.9 Å². The maximum atomic E-state index is 12.2. The summed E-state index contributed by atoms with van der Waals surface area (Å²) in [6.45, 7) is 4.67. The lowest BCUT2D eigenvalue weighted by atomic mass is 10.1. The molecule has 0 saturated heterocycles. The van der Waals surface area contributed by atoms with Crippen LogP contribution in [0.2, 0.25) is 5.02 Å². The molecular formula is C26H23ClN4O2. The molecule has 4 rings (SSSR count). The van der Waals surface area contributed by atoms with Gasteiger partial charge < -0.3 is 9.67 Å². The summed E-state index contributed by atoms with van der Waals surface area (Å²) in [5, 5.41) is 23.6. The van der Waals surface area contributed by atoms with E-state index in [4.69, 9.17) is 16.9 Å². The highest BCUT2D eigenvalue weighted by Gasteiger charge is 2.08. The lowest BCUT2D eigenvalue weighted by Crippen LogP contribution is -2.17. The zero-order valence-corrected chi connectivity index (χ0v) is 19.0. The Kier molecular flexibility index (Phi) is 7.85. The van der Waals surface area contributed by atoms with Crippen molar-refractivity contribution in [2.75, 3.05) is 0 Å². The molecule has 0 radical (unpaired) electrons. The summed E-state index contributed by atoms with van der Waals surface area (Å²) >= 11 is 5.84. The Morgan fingerprint density at radius 2 is 1.91 bits per heavy atom. The predicted octanol–water partition coefficient (Wildman–Crippen LogP) is 5.71. The number of fused-ring (bicyclic) bond motifs is 1. The number of rotatable bonds is 5. The zero-order chi connectivity index (χ0) is 23.8. The van der Waals surface area contributed by atoms with Gasteiger partial charge in [-0.15, -0.1) is 0 Å². The van der Waals surface area contributed by atoms with Crippen LogP contribution in [0, 0.1) is 11.3 Å². The molecule has 4 aromatic rings. The Balaban J connectivity index is 0.00000149. The largest absolute Gasteiger partial charge is 0.506 e. The van der Waals surface area contributed by atoms with Gasteiger partial charge in [0, 0.05) is 34.8 Å². The highest BCUT2D eigenvalue weighted by atomic mass is 35.5. The molecule has 7 heteroatoms. The Morgan fingerprint density at radius 3 is 2.61 bits per heavy atom. The first-order valence-electron chi connectivity index (χ1n) is 10.4. The number of hydrogen-bond acceptors (Lipinski definition) is 4. The Bertz CT molecular complexity index is 1330. The molecule has 0 spiro atoms. The van der Waals surface area contributed by atoms with Crippen molar-refractivity contribution in [2.24, 2.45) is 5.10 Å². The number of phenols is 1. The van der Waals surface area contributed by atoms with E-state index in [2.05, 4.69) is 21.2 Å². The lowest BCUT2D eigenvalue weighted by Gasteiger charge is -2.06. The SMILES string of the molecule is CC.N#Cc1ccc(Cn2ccc3c(/C=N/NC(=O)c4ccc(O)c(Cl)c4)cccc32)cc1. The third kappa shape index (κ3) is 5.59. The molecule has 0 atom stereocenters. The van der Waals surface area contributed by atoms with Gasteiger partial charge in [-0.25, -0.2) is 5.43 Å². The minimum absolute atomic E-state index is 0.0843. The lowest BCUT2D eigenvalue weighted by molar-refractivity contribution is 0.0955. The molecule has 6 nitrogen and oxygen atoms in total. The molecule has 0 bridgehead atoms. The van der Waals surface area contributed by atoms with E-state index in [0.717, 1.165) is 22.0 Å². The molecule has 166 valence electrons. The zero-order valence-electron chi connectivity index (χ0n) is 18.3. The van der Waals surface area contributed by atoms with Gasteiger partial charge in [-0.3, -0.25) is 4.79 Å². The second-order valence-electron chi connectivity index (χ2n) is 6.90. The second kappa shape index (κ2) is 11.0. The van der Waals surface area contributed by atoms with Crippen molar-refractivity contribution >= 4 is 34.6 Å². The van der Waals surface area contributed by atoms with Gasteiger partial charge in [-0.2, -0.15) is 10.4 Å². The fourth-order valence-corrected chi connectivity index (χ4v) is 3.43. The molecule has 2 N–H and O–H groups in total. The standard InChI is InChI=1S/C24H17ClN4O2.C2H6/c25-21-12-18(8-9-23(21)30)24(31)28-27-14-19-2-1-3-22-20(19)10-11-29(22)15-17-6-4-16(13-26)5-7-17;1-2/h1-12,14,30H,15H2,(H,28,31);1-2H3/b27-14+;. The van der Waals surface area contributed by atoms with Crippen LogP contribution in [-0.2, 0) is 6.54 Å². The van der Waals surface area contributed by atoms with E-state index in [1.54, 1.807) is 6.21 Å². The maximum absolute atomic E-state index is 12.2. The van der Waals surface area contributed by atoms with Gasteiger partial charge in [-0.05, 0) is 48.0 Å². The second-order valence-corrected chi connectivity index (χ2v) is 7.30. The van der Waals surface area contributed by atoms with Gasteiger partial charge in [0.25, 0.3) is 5.91 Å². The third-order valence-corrected chi connectivity index (χ3v) is 5.17. The average molecular weight is 459 g/mol. The van der Waals surface area contributed by atoms with E-state index < -0.39 is 5.91 Å². The van der Waals surface area contributed by atoms with Crippen LogP contribution in [0.5, 0.6) is 5.75 Å². The summed E-state index contributed by atoms with van der Waals surface area (Å²) in [7, 11) is 0. The number of hydrogen-bond donors (Lipinski definition) is 2. The highest BCUT2D eigenvalue weighted by Crippen LogP contribution is 2.24. The summed E-state index contributed by atoms with van der Waals surface area (Å²) in [5.74, 6) is -0.511. The van der Waals surface area contributed by atoms with E-state index in [1.807, 2.05) is 68.6 Å². The van der Waals surface area contributed by atoms with E-state index >= 15 is 0 Å². The number of hydrazone groups is 1. The van der Waals surface area contributed by atoms with Crippen molar-refractivity contribution in [3.8, 4) is 11.8 Å². The number of nitriles is 1. The monoisotopic (exact) mass is 458 g/mol. The van der Waals surface area contributed by atoms with Crippen molar-refractivity contribution in [1.82, 2.24) is 9.99 Å². The molecule has 0 saturated carbocycles. The number of nitrogens with zero attached hydrogens (tertiary/aromatic N) is 3. The number of benzene rings is 3. The minimum atomic E-state index is -0.427. The molecule has 0 aliphatic rings. The van der Waals surface area contributed by atoms with E-state index in [9.17, 15) is 9.90 Å². The van der Waals surface area contributed by atoms with Crippen LogP contribution in [0.3, 0.4) is 0 Å². The topological polar surface area (TPSA) is 90.4 Å². The molecule has 0 unspecified atom stereocenters. The number of carbonyl (C=O) groups is 1. The highest BCUT2D eigenvalue weighted by molar-refractivity contribution is 6.32. The van der Waals surface area contributed by atoms with E-state index in [1.165, 1.54) is 18.2 Å². The van der Waals surface area contributed by atoms with E-state index in [0.29, 0.717) is 17.7 Å². The van der Waals surface area contributed by atoms with Crippen molar-refractivity contribution in [3.05, 3.63) is 100 Å². The fourth-order valence-electron chi connectivity index (χ4n) is 3.25. The van der Waals surface area contributed by atoms with Crippen molar-refractivity contribution in [2.45, 2.75) is 20.4 Å². The Hall–Kier alpha value is -4.08. The number of nitrogens with one attached hydrogen (secondary N) is 1. The van der Waals surface area contributed by atoms with Crippen molar-refractivity contribution < 1.29 is 9.90 Å². The first-order valence-corrected chi connectivity index (χ1v) is 10.8. The number of carbonyl (C=O) groups excluding carboxylic acids is 1. The summed E-state index contributed by atoms with van der Waals surface area (Å²) in [4.78, 5) is 12.2. The quantitative estimate of drug-likeness (QED) is 0.296. The predicted molar refractivity (Wildman–Crippen MR) is 132 cm³/mol. The van der Waals surface area contributed by atoms with Crippen LogP contribution in [0.4, 0.5) is 0 Å². The molecule has 3 aromatic carbocycles.